The Bertz CT molecular complexity index is 560. The van der Waals surface area contributed by atoms with Crippen molar-refractivity contribution in [3.8, 4) is 0 Å². The molecule has 1 atom stereocenters. The van der Waals surface area contributed by atoms with Gasteiger partial charge in [-0.2, -0.15) is 0 Å². The molecule has 0 bridgehead atoms. The van der Waals surface area contributed by atoms with Gasteiger partial charge in [0.25, 0.3) is 0 Å². The van der Waals surface area contributed by atoms with E-state index in [1.165, 1.54) is 0 Å². The number of hydrogen-bond acceptors (Lipinski definition) is 4. The first-order valence-corrected chi connectivity index (χ1v) is 9.06. The van der Waals surface area contributed by atoms with Gasteiger partial charge in [-0.05, 0) is 43.3 Å². The van der Waals surface area contributed by atoms with Crippen LogP contribution in [0.1, 0.15) is 45.6 Å². The van der Waals surface area contributed by atoms with E-state index in [0.717, 1.165) is 31.5 Å². The van der Waals surface area contributed by atoms with Crippen LogP contribution in [0.25, 0.3) is 0 Å². The van der Waals surface area contributed by atoms with E-state index >= 15 is 0 Å². The van der Waals surface area contributed by atoms with Crippen molar-refractivity contribution >= 4 is 11.9 Å². The number of benzene rings is 1. The zero-order chi connectivity index (χ0) is 18.3. The highest BCUT2D eigenvalue weighted by molar-refractivity contribution is 5.85. The minimum absolute atomic E-state index is 0.0860. The number of ether oxygens (including phenoxy) is 1. The van der Waals surface area contributed by atoms with Gasteiger partial charge in [-0.3, -0.25) is 9.69 Å². The van der Waals surface area contributed by atoms with Crippen molar-refractivity contribution in [2.75, 3.05) is 19.6 Å². The van der Waals surface area contributed by atoms with Crippen molar-refractivity contribution in [2.45, 2.75) is 52.7 Å². The number of nitrogens with one attached hydrogen (secondary N) is 1. The van der Waals surface area contributed by atoms with Gasteiger partial charge in [0.15, 0.2) is 0 Å². The summed E-state index contributed by atoms with van der Waals surface area (Å²) in [6, 6.07) is 8.96. The quantitative estimate of drug-likeness (QED) is 0.771. The van der Waals surface area contributed by atoms with E-state index in [1.54, 1.807) is 0 Å². The number of carbonyl (C=O) groups excluding carboxylic acids is 2. The fourth-order valence-electron chi connectivity index (χ4n) is 3.02. The van der Waals surface area contributed by atoms with E-state index in [1.807, 2.05) is 30.3 Å². The van der Waals surface area contributed by atoms with Gasteiger partial charge >= 0.3 is 5.97 Å². The molecule has 5 nitrogen and oxygen atoms in total. The molecule has 0 aliphatic carbocycles. The molecule has 1 saturated heterocycles. The zero-order valence-electron chi connectivity index (χ0n) is 15.6. The molecule has 1 fully saturated rings. The Labute approximate surface area is 150 Å². The van der Waals surface area contributed by atoms with Crippen molar-refractivity contribution < 1.29 is 14.3 Å². The van der Waals surface area contributed by atoms with Gasteiger partial charge in [0, 0.05) is 0 Å². The first-order valence-electron chi connectivity index (χ1n) is 9.06. The molecule has 1 aliphatic heterocycles. The lowest BCUT2D eigenvalue weighted by Crippen LogP contribution is -2.47. The highest BCUT2D eigenvalue weighted by Gasteiger charge is 2.28. The second kappa shape index (κ2) is 8.99. The molecule has 1 aromatic rings. The van der Waals surface area contributed by atoms with Gasteiger partial charge in [-0.15, -0.1) is 0 Å². The van der Waals surface area contributed by atoms with Crippen LogP contribution < -0.4 is 5.32 Å². The molecule has 1 aliphatic rings. The van der Waals surface area contributed by atoms with Gasteiger partial charge in [-0.1, -0.05) is 51.1 Å². The van der Waals surface area contributed by atoms with E-state index < -0.39 is 6.04 Å². The topological polar surface area (TPSA) is 58.6 Å². The van der Waals surface area contributed by atoms with Crippen molar-refractivity contribution in [3.63, 3.8) is 0 Å². The third-order valence-electron chi connectivity index (χ3n) is 4.23. The Morgan fingerprint density at radius 2 is 1.80 bits per heavy atom. The number of carbonyl (C=O) groups is 2. The molecule has 138 valence electrons. The summed E-state index contributed by atoms with van der Waals surface area (Å²) < 4.78 is 5.44. The molecule has 0 radical (unpaired) electrons. The van der Waals surface area contributed by atoms with E-state index in [2.05, 4.69) is 31.0 Å². The molecule has 25 heavy (non-hydrogen) atoms. The van der Waals surface area contributed by atoms with Crippen molar-refractivity contribution in [2.24, 2.45) is 5.41 Å². The number of esters is 1. The standard InChI is InChI=1S/C20H30N2O3/c1-20(2,3)13-17(21-18(23)14-22-11-7-8-12-22)19(24)25-15-16-9-5-4-6-10-16/h4-6,9-10,17H,7-8,11-15H2,1-3H3,(H,21,23)/t17-/m0/s1. The smallest absolute Gasteiger partial charge is 0.328 e. The normalized spacial score (nSPS) is 16.4. The average Bonchev–Trinajstić information content (AvgIpc) is 3.04. The van der Waals surface area contributed by atoms with Crippen LogP contribution in [0.5, 0.6) is 0 Å². The highest BCUT2D eigenvalue weighted by atomic mass is 16.5. The summed E-state index contributed by atoms with van der Waals surface area (Å²) in [5, 5.41) is 2.88. The highest BCUT2D eigenvalue weighted by Crippen LogP contribution is 2.22. The Balaban J connectivity index is 1.91. The molecule has 0 spiro atoms. The Hall–Kier alpha value is -1.88. The molecule has 0 saturated carbocycles. The number of nitrogens with zero attached hydrogens (tertiary/aromatic N) is 1. The Morgan fingerprint density at radius 3 is 2.40 bits per heavy atom. The molecular formula is C20H30N2O3. The molecule has 1 heterocycles. The van der Waals surface area contributed by atoms with Crippen LogP contribution in [0.3, 0.4) is 0 Å². The van der Waals surface area contributed by atoms with Gasteiger partial charge in [0.1, 0.15) is 12.6 Å². The van der Waals surface area contributed by atoms with Crippen molar-refractivity contribution in [1.29, 1.82) is 0 Å². The summed E-state index contributed by atoms with van der Waals surface area (Å²) in [6.07, 6.45) is 2.82. The first-order chi connectivity index (χ1) is 11.8. The maximum Gasteiger partial charge on any atom is 0.328 e. The lowest BCUT2D eigenvalue weighted by Gasteiger charge is -2.26. The fourth-order valence-corrected chi connectivity index (χ4v) is 3.02. The number of hydrogen-bond donors (Lipinski definition) is 1. The lowest BCUT2D eigenvalue weighted by molar-refractivity contribution is -0.150. The summed E-state index contributed by atoms with van der Waals surface area (Å²) in [5.74, 6) is -0.471. The molecule has 1 aromatic carbocycles. The van der Waals surface area contributed by atoms with E-state index in [4.69, 9.17) is 4.74 Å². The summed E-state index contributed by atoms with van der Waals surface area (Å²) in [4.78, 5) is 27.0. The molecule has 0 aromatic heterocycles. The predicted molar refractivity (Wildman–Crippen MR) is 97.9 cm³/mol. The van der Waals surface area contributed by atoms with Crippen LogP contribution in [0.2, 0.25) is 0 Å². The predicted octanol–water partition coefficient (Wildman–Crippen LogP) is 2.75. The third kappa shape index (κ3) is 7.26. The SMILES string of the molecule is CC(C)(C)C[C@H](NC(=O)CN1CCCC1)C(=O)OCc1ccccc1. The van der Waals surface area contributed by atoms with E-state index in [-0.39, 0.29) is 23.9 Å². The van der Waals surface area contributed by atoms with Crippen LogP contribution in [0.4, 0.5) is 0 Å². The van der Waals surface area contributed by atoms with Crippen LogP contribution in [-0.2, 0) is 20.9 Å². The van der Waals surface area contributed by atoms with Crippen LogP contribution in [-0.4, -0.2) is 42.5 Å². The lowest BCUT2D eigenvalue weighted by atomic mass is 9.88. The Morgan fingerprint density at radius 1 is 1.16 bits per heavy atom. The number of rotatable bonds is 7. The third-order valence-corrected chi connectivity index (χ3v) is 4.23. The van der Waals surface area contributed by atoms with Gasteiger partial charge in [0.05, 0.1) is 6.54 Å². The van der Waals surface area contributed by atoms with Gasteiger partial charge < -0.3 is 10.1 Å². The summed E-state index contributed by atoms with van der Waals surface area (Å²) in [7, 11) is 0. The minimum atomic E-state index is -0.612. The Kier molecular flexibility index (Phi) is 7.00. The molecule has 1 N–H and O–H groups in total. The number of amides is 1. The number of likely N-dealkylation sites (tertiary alicyclic amines) is 1. The molecule has 0 unspecified atom stereocenters. The molecule has 1 amide bonds. The molecule has 2 rings (SSSR count). The summed E-state index contributed by atoms with van der Waals surface area (Å²) in [5.41, 5.74) is 0.853. The largest absolute Gasteiger partial charge is 0.459 e. The second-order valence-electron chi connectivity index (χ2n) is 7.96. The molecule has 5 heteroatoms. The van der Waals surface area contributed by atoms with E-state index in [0.29, 0.717) is 13.0 Å². The first kappa shape index (κ1) is 19.4. The van der Waals surface area contributed by atoms with Crippen LogP contribution in [0.15, 0.2) is 30.3 Å². The van der Waals surface area contributed by atoms with Gasteiger partial charge in [-0.25, -0.2) is 4.79 Å². The van der Waals surface area contributed by atoms with Crippen molar-refractivity contribution in [3.05, 3.63) is 35.9 Å². The van der Waals surface area contributed by atoms with Gasteiger partial charge in [0.2, 0.25) is 5.91 Å². The second-order valence-corrected chi connectivity index (χ2v) is 7.96. The summed E-state index contributed by atoms with van der Waals surface area (Å²) in [6.45, 7) is 8.64. The average molecular weight is 346 g/mol. The van der Waals surface area contributed by atoms with Crippen LogP contribution >= 0.6 is 0 Å². The van der Waals surface area contributed by atoms with E-state index in [9.17, 15) is 9.59 Å². The van der Waals surface area contributed by atoms with Crippen molar-refractivity contribution in [1.82, 2.24) is 10.2 Å². The molecular weight excluding hydrogens is 316 g/mol. The zero-order valence-corrected chi connectivity index (χ0v) is 15.6. The summed E-state index contributed by atoms with van der Waals surface area (Å²) >= 11 is 0. The minimum Gasteiger partial charge on any atom is -0.459 e. The van der Waals surface area contributed by atoms with Crippen LogP contribution in [0, 0.1) is 5.41 Å². The monoisotopic (exact) mass is 346 g/mol. The maximum absolute atomic E-state index is 12.5. The maximum atomic E-state index is 12.5. The fraction of sp³-hybridized carbons (Fsp3) is 0.600.